The molecule has 0 spiro atoms. The van der Waals surface area contributed by atoms with Gasteiger partial charge in [0.25, 0.3) is 0 Å². The van der Waals surface area contributed by atoms with Crippen molar-refractivity contribution in [3.05, 3.63) is 40.6 Å². The molecule has 2 aromatic rings. The number of carbonyl (C=O) groups is 2. The van der Waals surface area contributed by atoms with Gasteiger partial charge in [0.2, 0.25) is 11.8 Å². The van der Waals surface area contributed by atoms with Crippen molar-refractivity contribution in [3.63, 3.8) is 0 Å². The van der Waals surface area contributed by atoms with Crippen LogP contribution in [0, 0.1) is 16.0 Å². The number of thiazole rings is 1. The third-order valence-corrected chi connectivity index (χ3v) is 4.63. The molecule has 2 amide bonds. The minimum Gasteiger partial charge on any atom is -0.497 e. The zero-order valence-corrected chi connectivity index (χ0v) is 14.0. The maximum atomic E-state index is 12.3. The average molecular weight is 362 g/mol. The second-order valence-electron chi connectivity index (χ2n) is 5.36. The molecule has 1 aliphatic rings. The van der Waals surface area contributed by atoms with Crippen molar-refractivity contribution >= 4 is 39.0 Å². The summed E-state index contributed by atoms with van der Waals surface area (Å²) in [5, 5.41) is 13.2. The van der Waals surface area contributed by atoms with Crippen molar-refractivity contribution in [3.8, 4) is 5.75 Å². The van der Waals surface area contributed by atoms with Gasteiger partial charge in [-0.05, 0) is 23.5 Å². The Hall–Kier alpha value is -3.01. The summed E-state index contributed by atoms with van der Waals surface area (Å²) in [7, 11) is 1.54. The first kappa shape index (κ1) is 16.8. The summed E-state index contributed by atoms with van der Waals surface area (Å²) in [4.78, 5) is 40.0. The van der Waals surface area contributed by atoms with Crippen LogP contribution in [0.5, 0.6) is 5.75 Å². The van der Waals surface area contributed by atoms with E-state index in [1.165, 1.54) is 12.0 Å². The minimum atomic E-state index is -0.572. The van der Waals surface area contributed by atoms with E-state index in [0.29, 0.717) is 11.4 Å². The fourth-order valence-electron chi connectivity index (χ4n) is 2.53. The van der Waals surface area contributed by atoms with E-state index < -0.39 is 10.8 Å². The van der Waals surface area contributed by atoms with E-state index in [2.05, 4.69) is 10.3 Å². The van der Waals surface area contributed by atoms with Gasteiger partial charge in [-0.2, -0.15) is 0 Å². The van der Waals surface area contributed by atoms with Gasteiger partial charge in [-0.15, -0.1) is 0 Å². The summed E-state index contributed by atoms with van der Waals surface area (Å²) in [6.07, 6.45) is 1.15. The molecule has 1 aromatic carbocycles. The SMILES string of the molecule is COc1cccc(N2C[C@@H](C(=O)Nc3ncc([N+](=O)[O-])s3)CC2=O)c1. The van der Waals surface area contributed by atoms with Gasteiger partial charge >= 0.3 is 5.00 Å². The first-order chi connectivity index (χ1) is 12.0. The zero-order chi connectivity index (χ0) is 18.0. The lowest BCUT2D eigenvalue weighted by molar-refractivity contribution is -0.380. The van der Waals surface area contributed by atoms with Crippen molar-refractivity contribution < 1.29 is 19.2 Å². The molecule has 1 aromatic heterocycles. The number of hydrogen-bond donors (Lipinski definition) is 1. The molecular weight excluding hydrogens is 348 g/mol. The molecule has 0 aliphatic carbocycles. The Labute approximate surface area is 146 Å². The number of hydrogen-bond acceptors (Lipinski definition) is 7. The number of amides is 2. The molecular formula is C15H14N4O5S. The monoisotopic (exact) mass is 362 g/mol. The predicted octanol–water partition coefficient (Wildman–Crippen LogP) is 2.05. The molecule has 25 heavy (non-hydrogen) atoms. The number of rotatable bonds is 5. The average Bonchev–Trinajstić information content (AvgIpc) is 3.21. The Bertz CT molecular complexity index is 837. The molecule has 1 aliphatic heterocycles. The summed E-state index contributed by atoms with van der Waals surface area (Å²) >= 11 is 0.774. The van der Waals surface area contributed by atoms with Crippen LogP contribution in [-0.4, -0.2) is 35.4 Å². The highest BCUT2D eigenvalue weighted by atomic mass is 32.1. The molecule has 10 heteroatoms. The van der Waals surface area contributed by atoms with Crippen LogP contribution >= 0.6 is 11.3 Å². The van der Waals surface area contributed by atoms with E-state index in [0.717, 1.165) is 17.5 Å². The number of nitro groups is 1. The molecule has 3 rings (SSSR count). The van der Waals surface area contributed by atoms with Gasteiger partial charge in [0, 0.05) is 24.7 Å². The molecule has 2 heterocycles. The van der Waals surface area contributed by atoms with E-state index >= 15 is 0 Å². The Kier molecular flexibility index (Phi) is 4.61. The summed E-state index contributed by atoms with van der Waals surface area (Å²) in [6, 6.07) is 7.03. The van der Waals surface area contributed by atoms with Crippen molar-refractivity contribution in [2.24, 2.45) is 5.92 Å². The number of anilines is 2. The maximum absolute atomic E-state index is 12.3. The number of methoxy groups -OCH3 is 1. The molecule has 9 nitrogen and oxygen atoms in total. The van der Waals surface area contributed by atoms with Gasteiger partial charge in [0.1, 0.15) is 11.9 Å². The van der Waals surface area contributed by atoms with Crippen molar-refractivity contribution in [1.82, 2.24) is 4.98 Å². The summed E-state index contributed by atoms with van der Waals surface area (Å²) in [6.45, 7) is 0.227. The van der Waals surface area contributed by atoms with Crippen molar-refractivity contribution in [2.75, 3.05) is 23.9 Å². The smallest absolute Gasteiger partial charge is 0.345 e. The zero-order valence-electron chi connectivity index (χ0n) is 13.2. The van der Waals surface area contributed by atoms with Gasteiger partial charge in [-0.3, -0.25) is 19.7 Å². The van der Waals surface area contributed by atoms with Gasteiger partial charge in [-0.25, -0.2) is 4.98 Å². The number of nitrogens with zero attached hydrogens (tertiary/aromatic N) is 3. The number of carbonyl (C=O) groups excluding carboxylic acids is 2. The second kappa shape index (κ2) is 6.85. The van der Waals surface area contributed by atoms with Crippen LogP contribution < -0.4 is 15.0 Å². The van der Waals surface area contributed by atoms with Crippen LogP contribution in [0.25, 0.3) is 0 Å². The number of nitrogens with one attached hydrogen (secondary N) is 1. The summed E-state index contributed by atoms with van der Waals surface area (Å²) in [5.74, 6) is -0.489. The van der Waals surface area contributed by atoms with Gasteiger partial charge in [0.15, 0.2) is 5.13 Å². The first-order valence-electron chi connectivity index (χ1n) is 7.33. The highest BCUT2D eigenvalue weighted by Gasteiger charge is 2.35. The molecule has 1 N–H and O–H groups in total. The quantitative estimate of drug-likeness (QED) is 0.643. The molecule has 1 fully saturated rings. The lowest BCUT2D eigenvalue weighted by Gasteiger charge is -2.17. The lowest BCUT2D eigenvalue weighted by atomic mass is 10.1. The van der Waals surface area contributed by atoms with E-state index in [9.17, 15) is 19.7 Å². The van der Waals surface area contributed by atoms with Gasteiger partial charge in [0.05, 0.1) is 18.0 Å². The van der Waals surface area contributed by atoms with Crippen molar-refractivity contribution in [1.29, 1.82) is 0 Å². The molecule has 1 saturated heterocycles. The molecule has 1 atom stereocenters. The topological polar surface area (TPSA) is 115 Å². The van der Waals surface area contributed by atoms with E-state index in [-0.39, 0.29) is 34.9 Å². The summed E-state index contributed by atoms with van der Waals surface area (Å²) < 4.78 is 5.15. The van der Waals surface area contributed by atoms with Crippen molar-refractivity contribution in [2.45, 2.75) is 6.42 Å². The highest BCUT2D eigenvalue weighted by Crippen LogP contribution is 2.30. The number of ether oxygens (including phenoxy) is 1. The van der Waals surface area contributed by atoms with Gasteiger partial charge < -0.3 is 15.0 Å². The molecule has 0 saturated carbocycles. The summed E-state index contributed by atoms with van der Waals surface area (Å²) in [5.41, 5.74) is 0.657. The largest absolute Gasteiger partial charge is 0.497 e. The standard InChI is InChI=1S/C15H14N4O5S/c1-24-11-4-2-3-10(6-11)18-8-9(5-12(18)20)14(21)17-15-16-7-13(25-15)19(22)23/h2-4,6-7,9H,5,8H2,1H3,(H,16,17,21)/t9-/m0/s1. The molecule has 0 radical (unpaired) electrons. The van der Waals surface area contributed by atoms with E-state index in [4.69, 9.17) is 4.74 Å². The van der Waals surface area contributed by atoms with Crippen LogP contribution in [0.15, 0.2) is 30.5 Å². The maximum Gasteiger partial charge on any atom is 0.345 e. The predicted molar refractivity (Wildman–Crippen MR) is 90.9 cm³/mol. The van der Waals surface area contributed by atoms with Crippen LogP contribution in [0.2, 0.25) is 0 Å². The van der Waals surface area contributed by atoms with Gasteiger partial charge in [-0.1, -0.05) is 6.07 Å². The first-order valence-corrected chi connectivity index (χ1v) is 8.15. The van der Waals surface area contributed by atoms with Crippen LogP contribution in [0.1, 0.15) is 6.42 Å². The lowest BCUT2D eigenvalue weighted by Crippen LogP contribution is -2.28. The Balaban J connectivity index is 1.68. The third-order valence-electron chi connectivity index (χ3n) is 3.76. The Morgan fingerprint density at radius 1 is 1.52 bits per heavy atom. The van der Waals surface area contributed by atoms with E-state index in [1.807, 2.05) is 0 Å². The van der Waals surface area contributed by atoms with Crippen LogP contribution in [0.3, 0.4) is 0 Å². The minimum absolute atomic E-state index is 0.0660. The third kappa shape index (κ3) is 3.58. The number of aromatic nitrogens is 1. The van der Waals surface area contributed by atoms with Crippen LogP contribution in [-0.2, 0) is 9.59 Å². The van der Waals surface area contributed by atoms with Crippen LogP contribution in [0.4, 0.5) is 15.8 Å². The molecule has 0 bridgehead atoms. The Morgan fingerprint density at radius 3 is 3.00 bits per heavy atom. The van der Waals surface area contributed by atoms with E-state index in [1.54, 1.807) is 24.3 Å². The molecule has 0 unspecified atom stereocenters. The number of benzene rings is 1. The fourth-order valence-corrected chi connectivity index (χ4v) is 3.16. The second-order valence-corrected chi connectivity index (χ2v) is 6.37. The normalized spacial score (nSPS) is 16.8. The highest BCUT2D eigenvalue weighted by molar-refractivity contribution is 7.18. The Morgan fingerprint density at radius 2 is 2.32 bits per heavy atom. The molecule has 130 valence electrons. The fraction of sp³-hybridized carbons (Fsp3) is 0.267.